The summed E-state index contributed by atoms with van der Waals surface area (Å²) in [6, 6.07) is 16.3. The summed E-state index contributed by atoms with van der Waals surface area (Å²) in [6.45, 7) is 0.910. The summed E-state index contributed by atoms with van der Waals surface area (Å²) in [4.78, 5) is 0. The maximum absolute atomic E-state index is 8.94. The van der Waals surface area contributed by atoms with Crippen molar-refractivity contribution in [2.45, 2.75) is 13.2 Å². The highest BCUT2D eigenvalue weighted by Gasteiger charge is 1.95. The second-order valence-electron chi connectivity index (χ2n) is 3.84. The Morgan fingerprint density at radius 2 is 1.47 bits per heavy atom. The molecule has 0 heterocycles. The van der Waals surface area contributed by atoms with E-state index in [1.165, 1.54) is 9.13 Å². The zero-order valence-electron chi connectivity index (χ0n) is 9.36. The lowest BCUT2D eigenvalue weighted by Crippen LogP contribution is -1.99. The van der Waals surface area contributed by atoms with Crippen molar-refractivity contribution in [3.63, 3.8) is 0 Å². The zero-order chi connectivity index (χ0) is 12.1. The molecular weight excluding hydrogens is 325 g/mol. The number of halogens is 1. The molecule has 0 amide bonds. The minimum Gasteiger partial charge on any atom is -0.392 e. The molecule has 2 aromatic carbocycles. The molecule has 88 valence electrons. The Bertz CT molecular complexity index is 465. The minimum absolute atomic E-state index is 0.0946. The van der Waals surface area contributed by atoms with Gasteiger partial charge < -0.3 is 10.4 Å². The highest BCUT2D eigenvalue weighted by Crippen LogP contribution is 2.12. The van der Waals surface area contributed by atoms with Crippen LogP contribution < -0.4 is 5.32 Å². The Kier molecular flexibility index (Phi) is 4.39. The van der Waals surface area contributed by atoms with E-state index in [0.29, 0.717) is 0 Å². The molecule has 0 aliphatic heterocycles. The predicted molar refractivity (Wildman–Crippen MR) is 78.9 cm³/mol. The second-order valence-corrected chi connectivity index (χ2v) is 5.08. The third-order valence-electron chi connectivity index (χ3n) is 2.55. The molecule has 0 bridgehead atoms. The lowest BCUT2D eigenvalue weighted by Gasteiger charge is -2.07. The first-order valence-corrected chi connectivity index (χ1v) is 6.54. The Hall–Kier alpha value is -1.07. The number of hydrogen-bond acceptors (Lipinski definition) is 2. The van der Waals surface area contributed by atoms with Gasteiger partial charge in [0, 0.05) is 15.8 Å². The van der Waals surface area contributed by atoms with Crippen LogP contribution in [0.4, 0.5) is 5.69 Å². The lowest BCUT2D eigenvalue weighted by atomic mass is 10.2. The minimum atomic E-state index is 0.0946. The van der Waals surface area contributed by atoms with Gasteiger partial charge in [-0.3, -0.25) is 0 Å². The first kappa shape index (κ1) is 12.4. The third kappa shape index (κ3) is 3.71. The fraction of sp³-hybridized carbons (Fsp3) is 0.143. The van der Waals surface area contributed by atoms with Gasteiger partial charge in [0.2, 0.25) is 0 Å². The topological polar surface area (TPSA) is 32.3 Å². The van der Waals surface area contributed by atoms with Crippen LogP contribution in [0, 0.1) is 3.57 Å². The van der Waals surface area contributed by atoms with Gasteiger partial charge >= 0.3 is 0 Å². The van der Waals surface area contributed by atoms with Crippen LogP contribution in [0.15, 0.2) is 48.5 Å². The standard InChI is InChI=1S/C14H14INO/c15-13-5-1-11(2-6-13)9-16-14-7-3-12(10-17)4-8-14/h1-8,16-17H,9-10H2. The summed E-state index contributed by atoms with van der Waals surface area (Å²) >= 11 is 2.30. The average Bonchev–Trinajstić information content (AvgIpc) is 2.39. The van der Waals surface area contributed by atoms with Gasteiger partial charge in [-0.25, -0.2) is 0 Å². The maximum atomic E-state index is 8.94. The summed E-state index contributed by atoms with van der Waals surface area (Å²) in [5.74, 6) is 0. The number of aliphatic hydroxyl groups is 1. The first-order chi connectivity index (χ1) is 8.28. The van der Waals surface area contributed by atoms with E-state index in [1.807, 2.05) is 24.3 Å². The van der Waals surface area contributed by atoms with Gasteiger partial charge in [0.15, 0.2) is 0 Å². The molecular formula is C14H14INO. The van der Waals surface area contributed by atoms with E-state index in [-0.39, 0.29) is 6.61 Å². The summed E-state index contributed by atoms with van der Waals surface area (Å²) in [7, 11) is 0. The fourth-order valence-electron chi connectivity index (χ4n) is 1.53. The molecule has 0 spiro atoms. The van der Waals surface area contributed by atoms with Crippen LogP contribution in [0.3, 0.4) is 0 Å². The number of benzene rings is 2. The normalized spacial score (nSPS) is 10.2. The van der Waals surface area contributed by atoms with Crippen LogP contribution in [0.25, 0.3) is 0 Å². The third-order valence-corrected chi connectivity index (χ3v) is 3.27. The monoisotopic (exact) mass is 339 g/mol. The molecule has 0 unspecified atom stereocenters. The van der Waals surface area contributed by atoms with Gasteiger partial charge in [0.1, 0.15) is 0 Å². The Morgan fingerprint density at radius 1 is 0.882 bits per heavy atom. The molecule has 0 radical (unpaired) electrons. The van der Waals surface area contributed by atoms with Crippen LogP contribution >= 0.6 is 22.6 Å². The van der Waals surface area contributed by atoms with E-state index >= 15 is 0 Å². The van der Waals surface area contributed by atoms with Crippen molar-refractivity contribution in [3.8, 4) is 0 Å². The number of hydrogen-bond donors (Lipinski definition) is 2. The van der Waals surface area contributed by atoms with E-state index in [9.17, 15) is 0 Å². The molecule has 2 nitrogen and oxygen atoms in total. The molecule has 2 rings (SSSR count). The molecule has 0 fully saturated rings. The molecule has 2 aromatic rings. The quantitative estimate of drug-likeness (QED) is 0.837. The van der Waals surface area contributed by atoms with Crippen molar-refractivity contribution in [1.82, 2.24) is 0 Å². The van der Waals surface area contributed by atoms with E-state index < -0.39 is 0 Å². The van der Waals surface area contributed by atoms with Gasteiger partial charge in [-0.1, -0.05) is 24.3 Å². The summed E-state index contributed by atoms with van der Waals surface area (Å²) in [5.41, 5.74) is 3.27. The Morgan fingerprint density at radius 3 is 2.06 bits per heavy atom. The molecule has 17 heavy (non-hydrogen) atoms. The van der Waals surface area contributed by atoms with Crippen molar-refractivity contribution in [2.75, 3.05) is 5.32 Å². The lowest BCUT2D eigenvalue weighted by molar-refractivity contribution is 0.282. The Balaban J connectivity index is 1.95. The SMILES string of the molecule is OCc1ccc(NCc2ccc(I)cc2)cc1. The van der Waals surface area contributed by atoms with E-state index in [4.69, 9.17) is 5.11 Å². The molecule has 0 saturated heterocycles. The van der Waals surface area contributed by atoms with E-state index in [2.05, 4.69) is 52.2 Å². The maximum Gasteiger partial charge on any atom is 0.0681 e. The molecule has 0 atom stereocenters. The summed E-state index contributed by atoms with van der Waals surface area (Å²) < 4.78 is 1.25. The van der Waals surface area contributed by atoms with Gasteiger partial charge in [0.05, 0.1) is 6.61 Å². The number of rotatable bonds is 4. The van der Waals surface area contributed by atoms with Crippen LogP contribution in [0.1, 0.15) is 11.1 Å². The van der Waals surface area contributed by atoms with Gasteiger partial charge in [-0.05, 0) is 58.0 Å². The van der Waals surface area contributed by atoms with E-state index in [0.717, 1.165) is 17.8 Å². The number of anilines is 1. The van der Waals surface area contributed by atoms with Crippen LogP contribution in [0.5, 0.6) is 0 Å². The smallest absolute Gasteiger partial charge is 0.0681 e. The van der Waals surface area contributed by atoms with Crippen molar-refractivity contribution in [3.05, 3.63) is 63.2 Å². The van der Waals surface area contributed by atoms with Crippen LogP contribution in [0.2, 0.25) is 0 Å². The zero-order valence-corrected chi connectivity index (χ0v) is 11.5. The highest BCUT2D eigenvalue weighted by molar-refractivity contribution is 14.1. The highest BCUT2D eigenvalue weighted by atomic mass is 127. The molecule has 2 N–H and O–H groups in total. The largest absolute Gasteiger partial charge is 0.392 e. The van der Waals surface area contributed by atoms with Crippen LogP contribution in [-0.4, -0.2) is 5.11 Å². The summed E-state index contributed by atoms with van der Waals surface area (Å²) in [6.07, 6.45) is 0. The predicted octanol–water partition coefficient (Wildman–Crippen LogP) is 3.40. The number of aliphatic hydroxyl groups excluding tert-OH is 1. The van der Waals surface area contributed by atoms with Crippen molar-refractivity contribution in [1.29, 1.82) is 0 Å². The number of nitrogens with one attached hydrogen (secondary N) is 1. The molecule has 0 saturated carbocycles. The Labute approximate surface area is 115 Å². The van der Waals surface area contributed by atoms with Gasteiger partial charge in [0.25, 0.3) is 0 Å². The van der Waals surface area contributed by atoms with Crippen molar-refractivity contribution >= 4 is 28.3 Å². The van der Waals surface area contributed by atoms with Crippen molar-refractivity contribution < 1.29 is 5.11 Å². The summed E-state index contributed by atoms with van der Waals surface area (Å²) in [5, 5.41) is 12.3. The average molecular weight is 339 g/mol. The molecule has 0 aliphatic carbocycles. The molecule has 0 aromatic heterocycles. The van der Waals surface area contributed by atoms with Gasteiger partial charge in [-0.2, -0.15) is 0 Å². The van der Waals surface area contributed by atoms with E-state index in [1.54, 1.807) is 0 Å². The van der Waals surface area contributed by atoms with Crippen LogP contribution in [-0.2, 0) is 13.2 Å². The molecule has 0 aliphatic rings. The van der Waals surface area contributed by atoms with Crippen molar-refractivity contribution in [2.24, 2.45) is 0 Å². The fourth-order valence-corrected chi connectivity index (χ4v) is 1.89. The second kappa shape index (κ2) is 6.02. The van der Waals surface area contributed by atoms with Gasteiger partial charge in [-0.15, -0.1) is 0 Å². The first-order valence-electron chi connectivity index (χ1n) is 5.46. The molecule has 3 heteroatoms.